The maximum Gasteiger partial charge on any atom is 0.149 e. The van der Waals surface area contributed by atoms with Crippen LogP contribution in [0.15, 0.2) is 13.6 Å². The molecule has 7 heteroatoms. The van der Waals surface area contributed by atoms with E-state index in [4.69, 9.17) is 0 Å². The Labute approximate surface area is 131 Å². The third-order valence-electron chi connectivity index (χ3n) is 2.25. The zero-order valence-electron chi connectivity index (χ0n) is 10.0. The molecule has 0 amide bonds. The van der Waals surface area contributed by atoms with E-state index in [0.717, 1.165) is 36.1 Å². The van der Waals surface area contributed by atoms with Gasteiger partial charge < -0.3 is 5.32 Å². The number of halogens is 2. The summed E-state index contributed by atoms with van der Waals surface area (Å²) in [6.45, 7) is 5.23. The van der Waals surface area contributed by atoms with Crippen LogP contribution in [0.1, 0.15) is 18.9 Å². The number of rotatable bonds is 5. The topological polar surface area (TPSA) is 37.8 Å². The van der Waals surface area contributed by atoms with Crippen molar-refractivity contribution in [1.82, 2.24) is 15.5 Å². The molecule has 98 valence electrons. The van der Waals surface area contributed by atoms with Crippen LogP contribution in [0.25, 0.3) is 10.6 Å². The fraction of sp³-hybridized carbons (Fsp3) is 0.455. The number of nitrogens with zero attached hydrogens (tertiary/aromatic N) is 2. The van der Waals surface area contributed by atoms with Gasteiger partial charge >= 0.3 is 0 Å². The highest BCUT2D eigenvalue weighted by Gasteiger charge is 2.12. The van der Waals surface area contributed by atoms with Crippen molar-refractivity contribution in [2.24, 2.45) is 0 Å². The van der Waals surface area contributed by atoms with Crippen molar-refractivity contribution in [3.63, 3.8) is 0 Å². The van der Waals surface area contributed by atoms with Gasteiger partial charge in [-0.3, -0.25) is 0 Å². The van der Waals surface area contributed by atoms with Gasteiger partial charge in [-0.15, -0.1) is 21.5 Å². The SMILES string of the molecule is CC(C)NCCc1nnc(-c2cc(Br)sc2Br)s1. The third-order valence-corrected chi connectivity index (χ3v) is 5.60. The summed E-state index contributed by atoms with van der Waals surface area (Å²) in [7, 11) is 0. The summed E-state index contributed by atoms with van der Waals surface area (Å²) in [4.78, 5) is 0. The molecule has 2 aromatic rings. The van der Waals surface area contributed by atoms with Gasteiger partial charge in [-0.05, 0) is 37.9 Å². The molecule has 0 fully saturated rings. The molecule has 0 saturated carbocycles. The summed E-state index contributed by atoms with van der Waals surface area (Å²) < 4.78 is 2.19. The lowest BCUT2D eigenvalue weighted by Crippen LogP contribution is -2.24. The molecule has 0 bridgehead atoms. The van der Waals surface area contributed by atoms with Gasteiger partial charge in [0.15, 0.2) is 0 Å². The quantitative estimate of drug-likeness (QED) is 0.796. The second kappa shape index (κ2) is 6.56. The number of hydrogen-bond acceptors (Lipinski definition) is 5. The van der Waals surface area contributed by atoms with Gasteiger partial charge in [-0.25, -0.2) is 0 Å². The molecule has 2 heterocycles. The Morgan fingerprint density at radius 3 is 2.67 bits per heavy atom. The summed E-state index contributed by atoms with van der Waals surface area (Å²) in [6, 6.07) is 2.59. The Hall–Kier alpha value is 0.180. The summed E-state index contributed by atoms with van der Waals surface area (Å²) in [5.74, 6) is 0. The van der Waals surface area contributed by atoms with Gasteiger partial charge in [0.1, 0.15) is 10.0 Å². The van der Waals surface area contributed by atoms with Crippen LogP contribution in [0.4, 0.5) is 0 Å². The molecule has 0 unspecified atom stereocenters. The van der Waals surface area contributed by atoms with Crippen LogP contribution in [0.2, 0.25) is 0 Å². The minimum atomic E-state index is 0.513. The number of hydrogen-bond donors (Lipinski definition) is 1. The minimum Gasteiger partial charge on any atom is -0.314 e. The standard InChI is InChI=1S/C11H13Br2N3S2/c1-6(2)14-4-3-9-15-16-11(18-9)7-5-8(12)17-10(7)13/h5-6,14H,3-4H2,1-2H3. The summed E-state index contributed by atoms with van der Waals surface area (Å²) in [6.07, 6.45) is 0.929. The molecule has 0 aliphatic heterocycles. The zero-order valence-corrected chi connectivity index (χ0v) is 14.8. The van der Waals surface area contributed by atoms with Crippen molar-refractivity contribution >= 4 is 54.5 Å². The highest BCUT2D eigenvalue weighted by molar-refractivity contribution is 9.12. The van der Waals surface area contributed by atoms with Crippen LogP contribution < -0.4 is 5.32 Å². The molecule has 0 atom stereocenters. The maximum absolute atomic E-state index is 4.25. The molecule has 0 spiro atoms. The van der Waals surface area contributed by atoms with Crippen LogP contribution in [0, 0.1) is 0 Å². The van der Waals surface area contributed by atoms with Crippen molar-refractivity contribution in [2.45, 2.75) is 26.3 Å². The van der Waals surface area contributed by atoms with E-state index >= 15 is 0 Å². The third kappa shape index (κ3) is 3.84. The summed E-state index contributed by atoms with van der Waals surface area (Å²) in [5.41, 5.74) is 1.12. The molecule has 0 aromatic carbocycles. The highest BCUT2D eigenvalue weighted by Crippen LogP contribution is 2.39. The minimum absolute atomic E-state index is 0.513. The van der Waals surface area contributed by atoms with Crippen LogP contribution in [0.5, 0.6) is 0 Å². The smallest absolute Gasteiger partial charge is 0.149 e. The lowest BCUT2D eigenvalue weighted by Gasteiger charge is -2.04. The Kier molecular flexibility index (Phi) is 5.32. The number of aromatic nitrogens is 2. The van der Waals surface area contributed by atoms with E-state index in [9.17, 15) is 0 Å². The normalized spacial score (nSPS) is 11.4. The molecule has 2 rings (SSSR count). The molecular weight excluding hydrogens is 398 g/mol. The van der Waals surface area contributed by atoms with Gasteiger partial charge in [0.05, 0.1) is 7.57 Å². The lowest BCUT2D eigenvalue weighted by atomic mass is 10.3. The predicted molar refractivity (Wildman–Crippen MR) is 85.5 cm³/mol. The van der Waals surface area contributed by atoms with Crippen molar-refractivity contribution in [3.8, 4) is 10.6 Å². The zero-order chi connectivity index (χ0) is 13.1. The highest BCUT2D eigenvalue weighted by atomic mass is 79.9. The molecule has 1 N–H and O–H groups in total. The van der Waals surface area contributed by atoms with Crippen molar-refractivity contribution in [3.05, 3.63) is 18.6 Å². The Morgan fingerprint density at radius 2 is 2.06 bits per heavy atom. The van der Waals surface area contributed by atoms with Gasteiger partial charge in [0.25, 0.3) is 0 Å². The van der Waals surface area contributed by atoms with Gasteiger partial charge in [-0.2, -0.15) is 0 Å². The van der Waals surface area contributed by atoms with E-state index in [1.165, 1.54) is 0 Å². The largest absolute Gasteiger partial charge is 0.314 e. The predicted octanol–water partition coefficient (Wildman–Crippen LogP) is 4.33. The van der Waals surface area contributed by atoms with E-state index in [1.54, 1.807) is 22.7 Å². The number of thiophene rings is 1. The first-order valence-corrected chi connectivity index (χ1v) is 8.79. The van der Waals surface area contributed by atoms with Crippen LogP contribution >= 0.6 is 54.5 Å². The van der Waals surface area contributed by atoms with Crippen LogP contribution in [-0.2, 0) is 6.42 Å². The molecule has 0 aliphatic carbocycles. The number of nitrogens with one attached hydrogen (secondary N) is 1. The first kappa shape index (κ1) is 14.6. The van der Waals surface area contributed by atoms with Gasteiger partial charge in [0.2, 0.25) is 0 Å². The Bertz CT molecular complexity index is 522. The average molecular weight is 411 g/mol. The second-order valence-electron chi connectivity index (χ2n) is 4.10. The summed E-state index contributed by atoms with van der Waals surface area (Å²) >= 11 is 10.3. The Morgan fingerprint density at radius 1 is 1.28 bits per heavy atom. The van der Waals surface area contributed by atoms with E-state index in [-0.39, 0.29) is 0 Å². The molecule has 2 aromatic heterocycles. The van der Waals surface area contributed by atoms with E-state index in [1.807, 2.05) is 0 Å². The molecule has 0 aliphatic rings. The average Bonchev–Trinajstić information content (AvgIpc) is 2.85. The first-order valence-electron chi connectivity index (χ1n) is 5.57. The molecule has 3 nitrogen and oxygen atoms in total. The van der Waals surface area contributed by atoms with Crippen molar-refractivity contribution < 1.29 is 0 Å². The van der Waals surface area contributed by atoms with E-state index in [2.05, 4.69) is 67.3 Å². The van der Waals surface area contributed by atoms with Crippen LogP contribution in [-0.4, -0.2) is 22.8 Å². The second-order valence-corrected chi connectivity index (χ2v) is 8.91. The first-order chi connectivity index (χ1) is 8.56. The fourth-order valence-corrected chi connectivity index (χ4v) is 5.28. The molecular formula is C11H13Br2N3S2. The van der Waals surface area contributed by atoms with E-state index in [0.29, 0.717) is 6.04 Å². The molecule has 0 radical (unpaired) electrons. The fourth-order valence-electron chi connectivity index (χ4n) is 1.42. The van der Waals surface area contributed by atoms with Crippen LogP contribution in [0.3, 0.4) is 0 Å². The van der Waals surface area contributed by atoms with Gasteiger partial charge in [0, 0.05) is 24.6 Å². The maximum atomic E-state index is 4.25. The van der Waals surface area contributed by atoms with Crippen molar-refractivity contribution in [1.29, 1.82) is 0 Å². The van der Waals surface area contributed by atoms with Gasteiger partial charge in [-0.1, -0.05) is 25.2 Å². The Balaban J connectivity index is 2.04. The van der Waals surface area contributed by atoms with E-state index < -0.39 is 0 Å². The molecule has 0 saturated heterocycles. The molecule has 18 heavy (non-hydrogen) atoms. The monoisotopic (exact) mass is 409 g/mol. The lowest BCUT2D eigenvalue weighted by molar-refractivity contribution is 0.588. The summed E-state index contributed by atoms with van der Waals surface area (Å²) in [5, 5.41) is 13.9. The van der Waals surface area contributed by atoms with Crippen molar-refractivity contribution in [2.75, 3.05) is 6.54 Å².